The number of hydrogen-bond donors (Lipinski definition) is 0. The number of nitrogens with zero attached hydrogens (tertiary/aromatic N) is 1. The SMILES string of the molecule is CN(C)[SiH2]CCCc1ccccc1. The first kappa shape index (κ1) is 10.5. The van der Waals surface area contributed by atoms with E-state index < -0.39 is 0 Å². The van der Waals surface area contributed by atoms with Gasteiger partial charge in [-0.25, -0.2) is 0 Å². The van der Waals surface area contributed by atoms with E-state index in [9.17, 15) is 0 Å². The third-order valence-electron chi connectivity index (χ3n) is 2.16. The Morgan fingerprint density at radius 3 is 2.46 bits per heavy atom. The Bertz CT molecular complexity index is 221. The lowest BCUT2D eigenvalue weighted by Crippen LogP contribution is -2.16. The lowest BCUT2D eigenvalue weighted by molar-refractivity contribution is 0.652. The van der Waals surface area contributed by atoms with Crippen molar-refractivity contribution in [2.45, 2.75) is 18.9 Å². The molecular weight excluding hydrogens is 174 g/mol. The van der Waals surface area contributed by atoms with Gasteiger partial charge < -0.3 is 4.57 Å². The summed E-state index contributed by atoms with van der Waals surface area (Å²) in [7, 11) is 4.44. The molecule has 1 rings (SSSR count). The Kier molecular flexibility index (Phi) is 4.79. The molecule has 0 bridgehead atoms. The first-order chi connectivity index (χ1) is 6.29. The highest BCUT2D eigenvalue weighted by Gasteiger charge is 1.93. The second-order valence-corrected chi connectivity index (χ2v) is 6.17. The van der Waals surface area contributed by atoms with Gasteiger partial charge in [-0.3, -0.25) is 0 Å². The molecule has 0 N–H and O–H groups in total. The van der Waals surface area contributed by atoms with Crippen molar-refractivity contribution >= 4 is 9.68 Å². The minimum Gasteiger partial charge on any atom is -0.334 e. The van der Waals surface area contributed by atoms with Gasteiger partial charge >= 0.3 is 0 Å². The predicted octanol–water partition coefficient (Wildman–Crippen LogP) is 1.68. The quantitative estimate of drug-likeness (QED) is 0.508. The van der Waals surface area contributed by atoms with Crippen molar-refractivity contribution in [3.8, 4) is 0 Å². The Balaban J connectivity index is 2.13. The van der Waals surface area contributed by atoms with Crippen LogP contribution in [0.3, 0.4) is 0 Å². The molecule has 0 saturated heterocycles. The number of aryl methyl sites for hydroxylation is 1. The van der Waals surface area contributed by atoms with Gasteiger partial charge in [0.2, 0.25) is 0 Å². The van der Waals surface area contributed by atoms with E-state index >= 15 is 0 Å². The molecule has 0 aromatic heterocycles. The smallest absolute Gasteiger partial charge is 0.0943 e. The molecule has 72 valence electrons. The van der Waals surface area contributed by atoms with Crippen LogP contribution in [0.4, 0.5) is 0 Å². The van der Waals surface area contributed by atoms with Crippen molar-refractivity contribution in [1.82, 2.24) is 4.57 Å². The summed E-state index contributed by atoms with van der Waals surface area (Å²) in [5.74, 6) is 0. The Labute approximate surface area is 83.7 Å². The van der Waals surface area contributed by atoms with Gasteiger partial charge in [0, 0.05) is 0 Å². The minimum atomic E-state index is 0.0635. The van der Waals surface area contributed by atoms with E-state index in [2.05, 4.69) is 49.0 Å². The van der Waals surface area contributed by atoms with Crippen LogP contribution in [0.25, 0.3) is 0 Å². The maximum atomic E-state index is 2.38. The van der Waals surface area contributed by atoms with Crippen LogP contribution in [0.1, 0.15) is 12.0 Å². The average Bonchev–Trinajstić information content (AvgIpc) is 2.14. The Hall–Kier alpha value is -0.603. The van der Waals surface area contributed by atoms with Crippen molar-refractivity contribution < 1.29 is 0 Å². The average molecular weight is 193 g/mol. The summed E-state index contributed by atoms with van der Waals surface area (Å²) < 4.78 is 2.38. The standard InChI is InChI=1S/C11H19NSi/c1-12(2)13-10-6-9-11-7-4-3-5-8-11/h3-5,7-8H,6,9-10,13H2,1-2H3. The van der Waals surface area contributed by atoms with E-state index in [4.69, 9.17) is 0 Å². The van der Waals surface area contributed by atoms with E-state index in [-0.39, 0.29) is 9.68 Å². The van der Waals surface area contributed by atoms with Crippen LogP contribution in [0.2, 0.25) is 6.04 Å². The van der Waals surface area contributed by atoms with Crippen molar-refractivity contribution in [2.75, 3.05) is 14.1 Å². The lowest BCUT2D eigenvalue weighted by atomic mass is 10.1. The molecule has 0 aliphatic carbocycles. The van der Waals surface area contributed by atoms with E-state index in [1.165, 1.54) is 24.4 Å². The molecule has 0 heterocycles. The van der Waals surface area contributed by atoms with Crippen molar-refractivity contribution in [3.63, 3.8) is 0 Å². The molecule has 1 aromatic rings. The van der Waals surface area contributed by atoms with Crippen molar-refractivity contribution in [1.29, 1.82) is 0 Å². The highest BCUT2D eigenvalue weighted by molar-refractivity contribution is 6.31. The van der Waals surface area contributed by atoms with Gasteiger partial charge in [-0.05, 0) is 32.1 Å². The van der Waals surface area contributed by atoms with E-state index in [0.29, 0.717) is 0 Å². The summed E-state index contributed by atoms with van der Waals surface area (Å²) in [6.07, 6.45) is 2.61. The zero-order valence-corrected chi connectivity index (χ0v) is 10.1. The molecule has 1 nitrogen and oxygen atoms in total. The molecular formula is C11H19NSi. The van der Waals surface area contributed by atoms with E-state index in [1.807, 2.05) is 0 Å². The second-order valence-electron chi connectivity index (χ2n) is 3.75. The summed E-state index contributed by atoms with van der Waals surface area (Å²) >= 11 is 0. The summed E-state index contributed by atoms with van der Waals surface area (Å²) in [4.78, 5) is 0. The first-order valence-corrected chi connectivity index (χ1v) is 6.61. The monoisotopic (exact) mass is 193 g/mol. The van der Waals surface area contributed by atoms with Gasteiger partial charge in [-0.2, -0.15) is 0 Å². The number of benzene rings is 1. The molecule has 0 atom stereocenters. The highest BCUT2D eigenvalue weighted by atomic mass is 28.2. The highest BCUT2D eigenvalue weighted by Crippen LogP contribution is 2.04. The topological polar surface area (TPSA) is 3.24 Å². The van der Waals surface area contributed by atoms with Crippen molar-refractivity contribution in [2.24, 2.45) is 0 Å². The fraction of sp³-hybridized carbons (Fsp3) is 0.455. The van der Waals surface area contributed by atoms with Crippen LogP contribution in [-0.2, 0) is 6.42 Å². The molecule has 0 amide bonds. The maximum absolute atomic E-state index is 2.38. The van der Waals surface area contributed by atoms with Crippen LogP contribution >= 0.6 is 0 Å². The third-order valence-corrected chi connectivity index (χ3v) is 3.87. The molecule has 13 heavy (non-hydrogen) atoms. The minimum absolute atomic E-state index is 0.0635. The third kappa shape index (κ3) is 4.86. The van der Waals surface area contributed by atoms with Gasteiger partial charge in [0.15, 0.2) is 0 Å². The Morgan fingerprint density at radius 2 is 1.85 bits per heavy atom. The molecule has 2 heteroatoms. The van der Waals surface area contributed by atoms with Gasteiger partial charge in [0.1, 0.15) is 0 Å². The maximum Gasteiger partial charge on any atom is 0.0943 e. The van der Waals surface area contributed by atoms with Gasteiger partial charge in [-0.15, -0.1) is 0 Å². The Morgan fingerprint density at radius 1 is 1.15 bits per heavy atom. The molecule has 0 fully saturated rings. The zero-order chi connectivity index (χ0) is 9.52. The summed E-state index contributed by atoms with van der Waals surface area (Å²) in [5.41, 5.74) is 1.48. The number of hydrogen-bond acceptors (Lipinski definition) is 1. The lowest BCUT2D eigenvalue weighted by Gasteiger charge is -2.07. The largest absolute Gasteiger partial charge is 0.334 e. The van der Waals surface area contributed by atoms with E-state index in [1.54, 1.807) is 0 Å². The summed E-state index contributed by atoms with van der Waals surface area (Å²) in [6, 6.07) is 12.2. The first-order valence-electron chi connectivity index (χ1n) is 4.97. The molecule has 1 aromatic carbocycles. The molecule has 0 unspecified atom stereocenters. The fourth-order valence-corrected chi connectivity index (χ4v) is 2.51. The number of rotatable bonds is 5. The molecule has 0 aliphatic rings. The van der Waals surface area contributed by atoms with Gasteiger partial charge in [-0.1, -0.05) is 36.8 Å². The van der Waals surface area contributed by atoms with Gasteiger partial charge in [0.05, 0.1) is 9.68 Å². The molecule has 0 aliphatic heterocycles. The van der Waals surface area contributed by atoms with Crippen LogP contribution in [0.15, 0.2) is 30.3 Å². The summed E-state index contributed by atoms with van der Waals surface area (Å²) in [6.45, 7) is 0. The zero-order valence-electron chi connectivity index (χ0n) is 8.66. The van der Waals surface area contributed by atoms with E-state index in [0.717, 1.165) is 0 Å². The van der Waals surface area contributed by atoms with Crippen LogP contribution < -0.4 is 0 Å². The van der Waals surface area contributed by atoms with Crippen LogP contribution in [-0.4, -0.2) is 28.3 Å². The normalized spacial score (nSPS) is 11.6. The molecule has 0 spiro atoms. The predicted molar refractivity (Wildman–Crippen MR) is 61.8 cm³/mol. The van der Waals surface area contributed by atoms with Crippen LogP contribution in [0, 0.1) is 0 Å². The van der Waals surface area contributed by atoms with Crippen LogP contribution in [0.5, 0.6) is 0 Å². The molecule has 0 saturated carbocycles. The molecule has 0 radical (unpaired) electrons. The fourth-order valence-electron chi connectivity index (χ4n) is 1.40. The van der Waals surface area contributed by atoms with Crippen molar-refractivity contribution in [3.05, 3.63) is 35.9 Å². The second kappa shape index (κ2) is 5.94. The summed E-state index contributed by atoms with van der Waals surface area (Å²) in [5, 5.41) is 0. The van der Waals surface area contributed by atoms with Gasteiger partial charge in [0.25, 0.3) is 0 Å².